The van der Waals surface area contributed by atoms with E-state index in [1.165, 1.54) is 0 Å². The maximum absolute atomic E-state index is 13.8. The number of nitrogens with zero attached hydrogens (tertiary/aromatic N) is 2. The van der Waals surface area contributed by atoms with E-state index in [0.29, 0.717) is 0 Å². The zero-order valence-corrected chi connectivity index (χ0v) is 13.2. The first-order valence-electron chi connectivity index (χ1n) is 6.95. The Bertz CT molecular complexity index is 898. The van der Waals surface area contributed by atoms with Crippen LogP contribution in [0.3, 0.4) is 0 Å². The fourth-order valence-corrected chi connectivity index (χ4v) is 1.86. The molecule has 12 heteroatoms. The second-order valence-corrected chi connectivity index (χ2v) is 4.99. The molecule has 0 bridgehead atoms. The van der Waals surface area contributed by atoms with Crippen LogP contribution in [-0.4, -0.2) is 11.9 Å². The molecule has 0 heterocycles. The van der Waals surface area contributed by atoms with Crippen LogP contribution < -0.4 is 21.9 Å². The second-order valence-electron chi connectivity index (χ2n) is 4.99. The van der Waals surface area contributed by atoms with Gasteiger partial charge in [0, 0.05) is 6.07 Å². The van der Waals surface area contributed by atoms with E-state index in [0.717, 1.165) is 18.2 Å². The first-order chi connectivity index (χ1) is 12.5. The maximum atomic E-state index is 13.8. The molecule has 0 saturated carbocycles. The standard InChI is InChI=1S/C15H11F6N5O/c16-8-2-1-7(5-11(8)25-14(24)26-13(22)23)27-12-9(17)3-6(4-10(12)18)15(19,20)21/h1-5H,(H6,22,23,24,25,26). The van der Waals surface area contributed by atoms with E-state index >= 15 is 0 Å². The quantitative estimate of drug-likeness (QED) is 0.424. The molecule has 144 valence electrons. The predicted octanol–water partition coefficient (Wildman–Crippen LogP) is 3.13. The number of nitrogens with two attached hydrogens (primary N) is 3. The molecular formula is C15H11F6N5O. The lowest BCUT2D eigenvalue weighted by molar-refractivity contribution is -0.138. The average Bonchev–Trinajstić information content (AvgIpc) is 2.52. The number of alkyl halides is 3. The molecule has 0 fully saturated rings. The van der Waals surface area contributed by atoms with Crippen LogP contribution in [-0.2, 0) is 6.18 Å². The van der Waals surface area contributed by atoms with Gasteiger partial charge in [-0.3, -0.25) is 0 Å². The minimum Gasteiger partial charge on any atom is -0.451 e. The van der Waals surface area contributed by atoms with E-state index in [-0.39, 0.29) is 17.9 Å². The molecule has 6 nitrogen and oxygen atoms in total. The van der Waals surface area contributed by atoms with E-state index in [4.69, 9.17) is 21.9 Å². The average molecular weight is 391 g/mol. The van der Waals surface area contributed by atoms with Gasteiger partial charge in [-0.2, -0.15) is 18.2 Å². The van der Waals surface area contributed by atoms with Crippen molar-refractivity contribution in [3.63, 3.8) is 0 Å². The summed E-state index contributed by atoms with van der Waals surface area (Å²) in [6, 6.07) is 2.83. The molecule has 2 aromatic rings. The summed E-state index contributed by atoms with van der Waals surface area (Å²) >= 11 is 0. The number of ether oxygens (including phenoxy) is 1. The molecule has 0 saturated heterocycles. The summed E-state index contributed by atoms with van der Waals surface area (Å²) in [7, 11) is 0. The van der Waals surface area contributed by atoms with E-state index < -0.39 is 52.5 Å². The topological polar surface area (TPSA) is 112 Å². The van der Waals surface area contributed by atoms with Gasteiger partial charge < -0.3 is 21.9 Å². The van der Waals surface area contributed by atoms with E-state index in [1.54, 1.807) is 0 Å². The Morgan fingerprint density at radius 3 is 2.00 bits per heavy atom. The van der Waals surface area contributed by atoms with Crippen LogP contribution in [0.4, 0.5) is 32.0 Å². The van der Waals surface area contributed by atoms with Crippen LogP contribution in [0.25, 0.3) is 0 Å². The zero-order chi connectivity index (χ0) is 20.4. The summed E-state index contributed by atoms with van der Waals surface area (Å²) in [4.78, 5) is 6.90. The molecule has 0 atom stereocenters. The normalized spacial score (nSPS) is 12.0. The number of hydrogen-bond donors (Lipinski definition) is 3. The fourth-order valence-electron chi connectivity index (χ4n) is 1.86. The first-order valence-corrected chi connectivity index (χ1v) is 6.95. The summed E-state index contributed by atoms with van der Waals surface area (Å²) in [6.07, 6.45) is -4.94. The van der Waals surface area contributed by atoms with Gasteiger partial charge in [0.1, 0.15) is 17.3 Å². The smallest absolute Gasteiger partial charge is 0.416 e. The number of rotatable bonds is 3. The van der Waals surface area contributed by atoms with Crippen molar-refractivity contribution in [2.45, 2.75) is 6.18 Å². The molecule has 0 aliphatic rings. The highest BCUT2D eigenvalue weighted by Crippen LogP contribution is 2.36. The molecule has 0 radical (unpaired) electrons. The van der Waals surface area contributed by atoms with Crippen LogP contribution in [0.1, 0.15) is 5.56 Å². The highest BCUT2D eigenvalue weighted by atomic mass is 19.4. The molecule has 2 aromatic carbocycles. The fraction of sp³-hybridized carbons (Fsp3) is 0.0667. The van der Waals surface area contributed by atoms with Crippen molar-refractivity contribution in [3.05, 3.63) is 53.3 Å². The van der Waals surface area contributed by atoms with Crippen molar-refractivity contribution in [1.29, 1.82) is 0 Å². The third-order valence-corrected chi connectivity index (χ3v) is 2.94. The minimum absolute atomic E-state index is 0.0672. The van der Waals surface area contributed by atoms with Crippen molar-refractivity contribution in [2.24, 2.45) is 27.2 Å². The molecule has 6 N–H and O–H groups in total. The Labute approximate surface area is 148 Å². The van der Waals surface area contributed by atoms with Crippen molar-refractivity contribution < 1.29 is 31.1 Å². The van der Waals surface area contributed by atoms with Crippen LogP contribution in [0.5, 0.6) is 11.5 Å². The summed E-state index contributed by atoms with van der Waals surface area (Å²) in [6.45, 7) is 0. The van der Waals surface area contributed by atoms with Gasteiger partial charge in [-0.1, -0.05) is 0 Å². The number of aliphatic imine (C=N–C) groups is 2. The lowest BCUT2D eigenvalue weighted by Gasteiger charge is -2.12. The Hall–Kier alpha value is -3.44. The van der Waals surface area contributed by atoms with E-state index in [1.807, 2.05) is 0 Å². The third kappa shape index (κ3) is 5.03. The van der Waals surface area contributed by atoms with Gasteiger partial charge in [0.25, 0.3) is 0 Å². The van der Waals surface area contributed by atoms with E-state index in [2.05, 4.69) is 9.98 Å². The molecular weight excluding hydrogens is 380 g/mol. The second kappa shape index (κ2) is 7.43. The molecule has 2 rings (SSSR count). The van der Waals surface area contributed by atoms with Gasteiger partial charge in [0.2, 0.25) is 5.96 Å². The van der Waals surface area contributed by atoms with Crippen molar-refractivity contribution in [3.8, 4) is 11.5 Å². The van der Waals surface area contributed by atoms with Crippen LogP contribution in [0, 0.1) is 17.5 Å². The summed E-state index contributed by atoms with van der Waals surface area (Å²) < 4.78 is 83.9. The SMILES string of the molecule is NC(N)=NC(N)=Nc1cc(Oc2c(F)cc(C(F)(F)F)cc2F)ccc1F. The van der Waals surface area contributed by atoms with Crippen LogP contribution >= 0.6 is 0 Å². The van der Waals surface area contributed by atoms with Crippen molar-refractivity contribution >= 4 is 17.6 Å². The van der Waals surface area contributed by atoms with Gasteiger partial charge in [-0.25, -0.2) is 18.2 Å². The van der Waals surface area contributed by atoms with Crippen LogP contribution in [0.15, 0.2) is 40.3 Å². The summed E-state index contributed by atoms with van der Waals surface area (Å²) in [5.41, 5.74) is 13.5. The lowest BCUT2D eigenvalue weighted by Crippen LogP contribution is -2.26. The largest absolute Gasteiger partial charge is 0.451 e. The van der Waals surface area contributed by atoms with Crippen molar-refractivity contribution in [2.75, 3.05) is 0 Å². The lowest BCUT2D eigenvalue weighted by atomic mass is 10.2. The molecule has 0 aliphatic carbocycles. The summed E-state index contributed by atoms with van der Waals surface area (Å²) in [5, 5.41) is 0. The Kier molecular flexibility index (Phi) is 5.47. The Morgan fingerprint density at radius 1 is 0.889 bits per heavy atom. The van der Waals surface area contributed by atoms with Gasteiger partial charge in [0.15, 0.2) is 23.3 Å². The summed E-state index contributed by atoms with van der Waals surface area (Å²) in [5.74, 6) is -6.50. The number of hydrogen-bond acceptors (Lipinski definition) is 2. The molecule has 0 spiro atoms. The molecule has 0 aromatic heterocycles. The van der Waals surface area contributed by atoms with Crippen LogP contribution in [0.2, 0.25) is 0 Å². The highest BCUT2D eigenvalue weighted by molar-refractivity contribution is 5.93. The third-order valence-electron chi connectivity index (χ3n) is 2.94. The Balaban J connectivity index is 2.39. The van der Waals surface area contributed by atoms with Gasteiger partial charge in [-0.15, -0.1) is 0 Å². The molecule has 0 unspecified atom stereocenters. The number of halogens is 6. The van der Waals surface area contributed by atoms with Gasteiger partial charge in [0.05, 0.1) is 5.56 Å². The van der Waals surface area contributed by atoms with Gasteiger partial charge in [-0.05, 0) is 24.3 Å². The first kappa shape index (κ1) is 19.9. The van der Waals surface area contributed by atoms with E-state index in [9.17, 15) is 26.3 Å². The van der Waals surface area contributed by atoms with Gasteiger partial charge >= 0.3 is 6.18 Å². The molecule has 0 amide bonds. The minimum atomic E-state index is -4.94. The number of guanidine groups is 2. The molecule has 0 aliphatic heterocycles. The van der Waals surface area contributed by atoms with Crippen molar-refractivity contribution in [1.82, 2.24) is 0 Å². The predicted molar refractivity (Wildman–Crippen MR) is 84.9 cm³/mol. The highest BCUT2D eigenvalue weighted by Gasteiger charge is 2.33. The monoisotopic (exact) mass is 391 g/mol. The number of benzene rings is 2. The maximum Gasteiger partial charge on any atom is 0.416 e. The Morgan fingerprint density at radius 2 is 1.48 bits per heavy atom. The molecule has 27 heavy (non-hydrogen) atoms. The zero-order valence-electron chi connectivity index (χ0n) is 13.2.